The highest BCUT2D eigenvalue weighted by Gasteiger charge is 2.31. The lowest BCUT2D eigenvalue weighted by atomic mass is 9.96. The number of likely N-dealkylation sites (tertiary alicyclic amines) is 1. The monoisotopic (exact) mass is 518 g/mol. The number of rotatable bonds is 6. The molecule has 37 heavy (non-hydrogen) atoms. The number of aliphatic hydroxyl groups excluding tert-OH is 1. The fourth-order valence-corrected chi connectivity index (χ4v) is 7.20. The van der Waals surface area contributed by atoms with Crippen LogP contribution in [0.4, 0.5) is 0 Å². The number of aliphatic hydroxyl groups is 1. The van der Waals surface area contributed by atoms with E-state index in [1.165, 1.54) is 27.9 Å². The first-order valence-corrected chi connectivity index (χ1v) is 14.5. The van der Waals surface area contributed by atoms with Crippen LogP contribution in [0.3, 0.4) is 0 Å². The third-order valence-electron chi connectivity index (χ3n) is 8.28. The molecule has 3 atom stereocenters. The van der Waals surface area contributed by atoms with Crippen molar-refractivity contribution in [1.82, 2.24) is 25.3 Å². The number of thioether (sulfide) groups is 1. The second-order valence-electron chi connectivity index (χ2n) is 10.9. The van der Waals surface area contributed by atoms with E-state index in [-0.39, 0.29) is 6.04 Å². The summed E-state index contributed by atoms with van der Waals surface area (Å²) in [4.78, 5) is 9.42. The van der Waals surface area contributed by atoms with Crippen LogP contribution in [0, 0.1) is 13.8 Å². The maximum atomic E-state index is 11.2. The number of benzene rings is 1. The Hall–Kier alpha value is -2.23. The molecule has 2 aromatic rings. The summed E-state index contributed by atoms with van der Waals surface area (Å²) in [5.74, 6) is 0. The van der Waals surface area contributed by atoms with Crippen LogP contribution < -0.4 is 5.32 Å². The Bertz CT molecular complexity index is 1240. The van der Waals surface area contributed by atoms with Gasteiger partial charge in [-0.15, -0.1) is 11.8 Å². The number of hydrogen-bond acceptors (Lipinski definition) is 7. The molecular formula is C29H38N6OS. The van der Waals surface area contributed by atoms with Gasteiger partial charge in [0.05, 0.1) is 21.7 Å². The molecule has 0 spiro atoms. The number of allylic oxidation sites excluding steroid dienone is 3. The van der Waals surface area contributed by atoms with Crippen molar-refractivity contribution in [3.8, 4) is 0 Å². The second kappa shape index (κ2) is 10.5. The van der Waals surface area contributed by atoms with E-state index in [2.05, 4.69) is 71.3 Å². The van der Waals surface area contributed by atoms with Gasteiger partial charge < -0.3 is 5.11 Å². The Labute approximate surface area is 224 Å². The van der Waals surface area contributed by atoms with Crippen molar-refractivity contribution in [1.29, 1.82) is 0 Å². The third kappa shape index (κ3) is 5.22. The van der Waals surface area contributed by atoms with E-state index in [1.54, 1.807) is 0 Å². The number of aryl methyl sites for hydroxylation is 2. The smallest absolute Gasteiger partial charge is 0.163 e. The van der Waals surface area contributed by atoms with Crippen LogP contribution in [0.15, 0.2) is 41.0 Å². The summed E-state index contributed by atoms with van der Waals surface area (Å²) in [6, 6.07) is 6.84. The SMILES string of the molecule is CC1=NC2=CC(c3n[nH]c4c3CN(C(O)NC3CCCN(Cc5c(C)cccc5C)C3)CC4)=CCC2S1. The number of nitrogens with one attached hydrogen (secondary N) is 2. The van der Waals surface area contributed by atoms with E-state index < -0.39 is 6.35 Å². The molecule has 3 unspecified atom stereocenters. The summed E-state index contributed by atoms with van der Waals surface area (Å²) in [7, 11) is 0. The normalized spacial score (nSPS) is 25.2. The van der Waals surface area contributed by atoms with Crippen LogP contribution in [0.5, 0.6) is 0 Å². The molecule has 7 nitrogen and oxygen atoms in total. The molecule has 1 aromatic carbocycles. The average Bonchev–Trinajstić information content (AvgIpc) is 3.48. The van der Waals surface area contributed by atoms with Crippen LogP contribution in [0.1, 0.15) is 59.8 Å². The second-order valence-corrected chi connectivity index (χ2v) is 12.3. The van der Waals surface area contributed by atoms with Crippen LogP contribution in [0.2, 0.25) is 0 Å². The minimum atomic E-state index is -0.664. The van der Waals surface area contributed by atoms with E-state index in [0.29, 0.717) is 11.8 Å². The molecular weight excluding hydrogens is 480 g/mol. The Morgan fingerprint density at radius 3 is 2.89 bits per heavy atom. The first-order chi connectivity index (χ1) is 17.9. The molecule has 1 aromatic heterocycles. The van der Waals surface area contributed by atoms with Gasteiger partial charge in [0, 0.05) is 55.5 Å². The fraction of sp³-hybridized carbons (Fsp3) is 0.517. The Morgan fingerprint density at radius 1 is 1.22 bits per heavy atom. The minimum Gasteiger partial charge on any atom is -0.365 e. The highest BCUT2D eigenvalue weighted by molar-refractivity contribution is 8.14. The Morgan fingerprint density at radius 2 is 2.05 bits per heavy atom. The quantitative estimate of drug-likeness (QED) is 0.500. The van der Waals surface area contributed by atoms with E-state index >= 15 is 0 Å². The van der Waals surface area contributed by atoms with Crippen molar-refractivity contribution >= 4 is 22.4 Å². The van der Waals surface area contributed by atoms with Gasteiger partial charge in [-0.1, -0.05) is 24.3 Å². The first kappa shape index (κ1) is 25.1. The molecule has 8 heteroatoms. The first-order valence-electron chi connectivity index (χ1n) is 13.6. The van der Waals surface area contributed by atoms with Crippen molar-refractivity contribution in [3.63, 3.8) is 0 Å². The van der Waals surface area contributed by atoms with Crippen LogP contribution in [0.25, 0.3) is 5.57 Å². The maximum absolute atomic E-state index is 11.2. The van der Waals surface area contributed by atoms with Crippen molar-refractivity contribution in [2.75, 3.05) is 19.6 Å². The zero-order valence-corrected chi connectivity index (χ0v) is 22.9. The third-order valence-corrected chi connectivity index (χ3v) is 9.43. The molecule has 1 aliphatic carbocycles. The molecule has 0 saturated carbocycles. The van der Waals surface area contributed by atoms with E-state index in [4.69, 9.17) is 10.1 Å². The topological polar surface area (TPSA) is 79.8 Å². The van der Waals surface area contributed by atoms with Crippen LogP contribution >= 0.6 is 11.8 Å². The molecule has 4 heterocycles. The van der Waals surface area contributed by atoms with Crippen molar-refractivity contribution < 1.29 is 5.11 Å². The van der Waals surface area contributed by atoms with E-state index in [9.17, 15) is 5.11 Å². The molecule has 3 aliphatic heterocycles. The Balaban J connectivity index is 1.10. The predicted molar refractivity (Wildman–Crippen MR) is 151 cm³/mol. The molecule has 0 amide bonds. The zero-order valence-electron chi connectivity index (χ0n) is 22.1. The molecule has 3 N–H and O–H groups in total. The Kier molecular flexibility index (Phi) is 7.11. The fourth-order valence-electron chi connectivity index (χ4n) is 6.19. The van der Waals surface area contributed by atoms with Gasteiger partial charge in [0.1, 0.15) is 0 Å². The lowest BCUT2D eigenvalue weighted by molar-refractivity contribution is -0.0448. The number of aliphatic imine (C=N–C) groups is 1. The van der Waals surface area contributed by atoms with Gasteiger partial charge in [0.2, 0.25) is 0 Å². The van der Waals surface area contributed by atoms with Gasteiger partial charge in [-0.05, 0) is 69.3 Å². The average molecular weight is 519 g/mol. The molecule has 1 saturated heterocycles. The predicted octanol–water partition coefficient (Wildman–Crippen LogP) is 4.12. The molecule has 4 aliphatic rings. The summed E-state index contributed by atoms with van der Waals surface area (Å²) >= 11 is 1.86. The van der Waals surface area contributed by atoms with Gasteiger partial charge in [-0.2, -0.15) is 5.10 Å². The van der Waals surface area contributed by atoms with Crippen molar-refractivity contribution in [2.24, 2.45) is 4.99 Å². The number of H-pyrrole nitrogens is 1. The molecule has 1 fully saturated rings. The highest BCUT2D eigenvalue weighted by Crippen LogP contribution is 2.39. The summed E-state index contributed by atoms with van der Waals surface area (Å²) in [6.45, 7) is 11.0. The number of fused-ring (bicyclic) bond motifs is 2. The maximum Gasteiger partial charge on any atom is 0.163 e. The summed E-state index contributed by atoms with van der Waals surface area (Å²) in [5, 5.41) is 24.3. The minimum absolute atomic E-state index is 0.280. The number of aromatic nitrogens is 2. The van der Waals surface area contributed by atoms with Crippen molar-refractivity contribution in [3.05, 3.63) is 69.7 Å². The van der Waals surface area contributed by atoms with Crippen molar-refractivity contribution in [2.45, 2.75) is 77.2 Å². The number of aromatic amines is 1. The summed E-state index contributed by atoms with van der Waals surface area (Å²) in [5.41, 5.74) is 9.90. The number of nitrogens with zero attached hydrogens (tertiary/aromatic N) is 4. The van der Waals surface area contributed by atoms with E-state index in [0.717, 1.165) is 73.9 Å². The van der Waals surface area contributed by atoms with Gasteiger partial charge in [0.15, 0.2) is 6.35 Å². The molecule has 0 bridgehead atoms. The van der Waals surface area contributed by atoms with Gasteiger partial charge in [-0.3, -0.25) is 25.2 Å². The summed E-state index contributed by atoms with van der Waals surface area (Å²) in [6.07, 6.45) is 7.93. The van der Waals surface area contributed by atoms with Gasteiger partial charge in [0.25, 0.3) is 0 Å². The lowest BCUT2D eigenvalue weighted by Crippen LogP contribution is -2.55. The number of piperidine rings is 1. The largest absolute Gasteiger partial charge is 0.365 e. The molecule has 0 radical (unpaired) electrons. The number of hydrogen-bond donors (Lipinski definition) is 3. The lowest BCUT2D eigenvalue weighted by Gasteiger charge is -2.38. The standard InChI is InChI=1S/C29H38N6OS/c1-18-6-4-7-19(2)23(18)16-34-12-5-8-22(15-34)31-29(36)35-13-11-25-24(17-35)28(33-32-25)21-9-10-27-26(14-21)30-20(3)37-27/h4,6-7,9,14,22,27,29,31,36H,5,8,10-13,15-17H2,1-3H3,(H,32,33). The highest BCUT2D eigenvalue weighted by atomic mass is 32.2. The van der Waals surface area contributed by atoms with Crippen LogP contribution in [-0.2, 0) is 19.5 Å². The molecule has 196 valence electrons. The van der Waals surface area contributed by atoms with Gasteiger partial charge in [-0.25, -0.2) is 0 Å². The zero-order chi connectivity index (χ0) is 25.5. The summed E-state index contributed by atoms with van der Waals surface area (Å²) < 4.78 is 0. The van der Waals surface area contributed by atoms with E-state index in [1.807, 2.05) is 11.8 Å². The van der Waals surface area contributed by atoms with Gasteiger partial charge >= 0.3 is 0 Å². The van der Waals surface area contributed by atoms with Crippen LogP contribution in [-0.4, -0.2) is 67.4 Å². The molecule has 6 rings (SSSR count).